The van der Waals surface area contributed by atoms with E-state index in [1.165, 1.54) is 12.8 Å². The average Bonchev–Trinajstić information content (AvgIpc) is 2.95. The van der Waals surface area contributed by atoms with Gasteiger partial charge in [0.1, 0.15) is 0 Å². The van der Waals surface area contributed by atoms with Gasteiger partial charge in [0.05, 0.1) is 16.3 Å². The van der Waals surface area contributed by atoms with Gasteiger partial charge in [0.15, 0.2) is 0 Å². The lowest BCUT2D eigenvalue weighted by Crippen LogP contribution is -2.39. The van der Waals surface area contributed by atoms with Gasteiger partial charge in [0.2, 0.25) is 0 Å². The largest absolute Gasteiger partial charge is 0.369 e. The van der Waals surface area contributed by atoms with Crippen LogP contribution in [0.15, 0.2) is 18.2 Å². The van der Waals surface area contributed by atoms with Crippen LogP contribution in [0.4, 0.5) is 5.69 Å². The van der Waals surface area contributed by atoms with Gasteiger partial charge >= 0.3 is 0 Å². The molecular formula is C16H24ClN3O. The van der Waals surface area contributed by atoms with E-state index in [0.717, 1.165) is 38.2 Å². The molecule has 4 nitrogen and oxygen atoms in total. The van der Waals surface area contributed by atoms with E-state index in [4.69, 9.17) is 17.3 Å². The number of unbranched alkanes of at least 4 members (excludes halogenated alkanes) is 1. The van der Waals surface area contributed by atoms with Gasteiger partial charge in [-0.15, -0.1) is 0 Å². The summed E-state index contributed by atoms with van der Waals surface area (Å²) < 4.78 is 0. The Balaban J connectivity index is 2.26. The number of primary amides is 1. The van der Waals surface area contributed by atoms with Crippen LogP contribution < -0.4 is 16.0 Å². The molecule has 0 spiro atoms. The van der Waals surface area contributed by atoms with Crippen molar-refractivity contribution < 1.29 is 4.79 Å². The molecule has 0 saturated carbocycles. The van der Waals surface area contributed by atoms with Crippen molar-refractivity contribution in [3.05, 3.63) is 28.8 Å². The topological polar surface area (TPSA) is 58.4 Å². The van der Waals surface area contributed by atoms with Gasteiger partial charge in [-0.05, 0) is 37.9 Å². The second-order valence-electron chi connectivity index (χ2n) is 5.59. The molecule has 0 radical (unpaired) electrons. The third-order valence-corrected chi connectivity index (χ3v) is 4.28. The third-order valence-electron chi connectivity index (χ3n) is 3.96. The van der Waals surface area contributed by atoms with Crippen LogP contribution >= 0.6 is 11.6 Å². The maximum Gasteiger partial charge on any atom is 0.252 e. The monoisotopic (exact) mass is 309 g/mol. The quantitative estimate of drug-likeness (QED) is 0.814. The number of anilines is 1. The number of carbonyl (C=O) groups excluding carboxylic acids is 1. The smallest absolute Gasteiger partial charge is 0.252 e. The average molecular weight is 310 g/mol. The summed E-state index contributed by atoms with van der Waals surface area (Å²) in [6.07, 6.45) is 4.58. The normalized spacial score (nSPS) is 17.9. The summed E-state index contributed by atoms with van der Waals surface area (Å²) in [4.78, 5) is 14.0. The maximum atomic E-state index is 11.8. The molecule has 1 aliphatic heterocycles. The zero-order valence-corrected chi connectivity index (χ0v) is 13.3. The second kappa shape index (κ2) is 7.66. The van der Waals surface area contributed by atoms with Gasteiger partial charge in [0, 0.05) is 19.1 Å². The van der Waals surface area contributed by atoms with Crippen LogP contribution in [0.3, 0.4) is 0 Å². The van der Waals surface area contributed by atoms with Crippen molar-refractivity contribution in [1.29, 1.82) is 0 Å². The molecular weight excluding hydrogens is 286 g/mol. The van der Waals surface area contributed by atoms with Crippen molar-refractivity contribution in [1.82, 2.24) is 5.32 Å². The summed E-state index contributed by atoms with van der Waals surface area (Å²) in [6.45, 7) is 5.04. The predicted molar refractivity (Wildman–Crippen MR) is 88.1 cm³/mol. The fourth-order valence-corrected chi connectivity index (χ4v) is 3.12. The number of hydrogen-bond donors (Lipinski definition) is 2. The summed E-state index contributed by atoms with van der Waals surface area (Å²) in [5, 5.41) is 3.94. The van der Waals surface area contributed by atoms with Crippen LogP contribution in [0.1, 0.15) is 43.0 Å². The van der Waals surface area contributed by atoms with E-state index in [2.05, 4.69) is 17.1 Å². The zero-order chi connectivity index (χ0) is 15.2. The van der Waals surface area contributed by atoms with Gasteiger partial charge in [-0.3, -0.25) is 4.79 Å². The molecule has 3 N–H and O–H groups in total. The molecule has 1 unspecified atom stereocenters. The van der Waals surface area contributed by atoms with E-state index in [9.17, 15) is 4.79 Å². The number of rotatable bonds is 7. The Kier molecular flexibility index (Phi) is 5.88. The minimum Gasteiger partial charge on any atom is -0.369 e. The van der Waals surface area contributed by atoms with Gasteiger partial charge in [0.25, 0.3) is 5.91 Å². The molecule has 1 saturated heterocycles. The van der Waals surface area contributed by atoms with Gasteiger partial charge < -0.3 is 16.0 Å². The van der Waals surface area contributed by atoms with Crippen LogP contribution in [0.25, 0.3) is 0 Å². The molecule has 1 aliphatic rings. The Labute approximate surface area is 131 Å². The van der Waals surface area contributed by atoms with Crippen molar-refractivity contribution >= 4 is 23.2 Å². The molecule has 1 atom stereocenters. The number of hydrogen-bond acceptors (Lipinski definition) is 3. The van der Waals surface area contributed by atoms with Crippen molar-refractivity contribution in [3.63, 3.8) is 0 Å². The first kappa shape index (κ1) is 16.1. The molecule has 5 heteroatoms. The van der Waals surface area contributed by atoms with E-state index in [1.54, 1.807) is 6.07 Å². The molecule has 0 aliphatic carbocycles. The number of benzene rings is 1. The van der Waals surface area contributed by atoms with E-state index < -0.39 is 5.91 Å². The molecule has 0 bridgehead atoms. The predicted octanol–water partition coefficient (Wildman–Crippen LogP) is 2.80. The van der Waals surface area contributed by atoms with Crippen molar-refractivity contribution in [2.45, 2.75) is 38.6 Å². The Morgan fingerprint density at radius 3 is 2.95 bits per heavy atom. The molecule has 2 rings (SSSR count). The summed E-state index contributed by atoms with van der Waals surface area (Å²) in [5.41, 5.74) is 6.82. The van der Waals surface area contributed by atoms with E-state index in [0.29, 0.717) is 16.6 Å². The lowest BCUT2D eigenvalue weighted by molar-refractivity contribution is 0.100. The second-order valence-corrected chi connectivity index (χ2v) is 6.00. The van der Waals surface area contributed by atoms with Gasteiger partial charge in [-0.2, -0.15) is 0 Å². The van der Waals surface area contributed by atoms with Crippen LogP contribution in [0.2, 0.25) is 5.02 Å². The first-order chi connectivity index (χ1) is 10.1. The third kappa shape index (κ3) is 4.11. The molecule has 21 heavy (non-hydrogen) atoms. The van der Waals surface area contributed by atoms with E-state index in [-0.39, 0.29) is 0 Å². The Morgan fingerprint density at radius 1 is 1.52 bits per heavy atom. The van der Waals surface area contributed by atoms with E-state index >= 15 is 0 Å². The number of amides is 1. The highest BCUT2D eigenvalue weighted by atomic mass is 35.5. The molecule has 0 aromatic heterocycles. The molecule has 1 fully saturated rings. The maximum absolute atomic E-state index is 11.8. The van der Waals surface area contributed by atoms with Gasteiger partial charge in [-0.25, -0.2) is 0 Å². The van der Waals surface area contributed by atoms with Crippen LogP contribution in [0.5, 0.6) is 0 Å². The molecule has 1 aromatic carbocycles. The first-order valence-electron chi connectivity index (χ1n) is 7.70. The highest BCUT2D eigenvalue weighted by molar-refractivity contribution is 6.34. The Hall–Kier alpha value is -1.26. The number of halogens is 1. The number of nitrogens with one attached hydrogen (secondary N) is 1. The molecule has 116 valence electrons. The summed E-state index contributed by atoms with van der Waals surface area (Å²) in [7, 11) is 0. The Morgan fingerprint density at radius 2 is 2.33 bits per heavy atom. The minimum absolute atomic E-state index is 0.431. The molecule has 1 heterocycles. The highest BCUT2D eigenvalue weighted by Crippen LogP contribution is 2.28. The van der Waals surface area contributed by atoms with Crippen LogP contribution in [-0.4, -0.2) is 31.6 Å². The minimum atomic E-state index is -0.462. The first-order valence-corrected chi connectivity index (χ1v) is 8.08. The summed E-state index contributed by atoms with van der Waals surface area (Å²) in [6, 6.07) is 6.01. The summed E-state index contributed by atoms with van der Waals surface area (Å²) >= 11 is 6.18. The molecule has 1 amide bonds. The van der Waals surface area contributed by atoms with Gasteiger partial charge in [-0.1, -0.05) is 31.0 Å². The standard InChI is InChI=1S/C16H24ClN3O/c1-2-3-10-20(11-12-6-5-9-19-12)14-8-4-7-13(17)15(14)16(18)21/h4,7-8,12,19H,2-3,5-6,9-11H2,1H3,(H2,18,21). The van der Waals surface area contributed by atoms with E-state index in [1.807, 2.05) is 12.1 Å². The van der Waals surface area contributed by atoms with Crippen LogP contribution in [-0.2, 0) is 0 Å². The van der Waals surface area contributed by atoms with Crippen molar-refractivity contribution in [2.75, 3.05) is 24.5 Å². The zero-order valence-electron chi connectivity index (χ0n) is 12.6. The fraction of sp³-hybridized carbons (Fsp3) is 0.562. The van der Waals surface area contributed by atoms with Crippen molar-refractivity contribution in [3.8, 4) is 0 Å². The lowest BCUT2D eigenvalue weighted by Gasteiger charge is -2.29. The number of carbonyl (C=O) groups is 1. The number of nitrogens with zero attached hydrogens (tertiary/aromatic N) is 1. The van der Waals surface area contributed by atoms with Crippen LogP contribution in [0, 0.1) is 0 Å². The Bertz CT molecular complexity index is 486. The highest BCUT2D eigenvalue weighted by Gasteiger charge is 2.22. The number of nitrogens with two attached hydrogens (primary N) is 1. The SMILES string of the molecule is CCCCN(CC1CCCN1)c1cccc(Cl)c1C(N)=O. The lowest BCUT2D eigenvalue weighted by atomic mass is 10.1. The molecule has 1 aromatic rings. The fourth-order valence-electron chi connectivity index (χ4n) is 2.86. The summed E-state index contributed by atoms with van der Waals surface area (Å²) in [5.74, 6) is -0.462. The van der Waals surface area contributed by atoms with Crippen molar-refractivity contribution in [2.24, 2.45) is 5.73 Å².